The number of hydrogen-bond donors (Lipinski definition) is 2. The molecule has 2 aromatic carbocycles. The van der Waals surface area contributed by atoms with E-state index in [1.807, 2.05) is 18.2 Å². The van der Waals surface area contributed by atoms with Crippen molar-refractivity contribution in [1.82, 2.24) is 9.80 Å². The van der Waals surface area contributed by atoms with Gasteiger partial charge in [0.05, 0.1) is 11.4 Å². The smallest absolute Gasteiger partial charge is 0.255 e. The molecule has 0 bridgehead atoms. The highest BCUT2D eigenvalue weighted by molar-refractivity contribution is 6.06. The first-order chi connectivity index (χ1) is 13.1. The van der Waals surface area contributed by atoms with E-state index in [4.69, 9.17) is 15.2 Å². The van der Waals surface area contributed by atoms with Crippen LogP contribution in [0.15, 0.2) is 36.4 Å². The highest BCUT2D eigenvalue weighted by Gasteiger charge is 2.18. The fourth-order valence-electron chi connectivity index (χ4n) is 3.34. The molecule has 1 amide bonds. The lowest BCUT2D eigenvalue weighted by atomic mass is 10.1. The zero-order valence-corrected chi connectivity index (χ0v) is 17.9. The highest BCUT2D eigenvalue weighted by atomic mass is 35.5. The second kappa shape index (κ2) is 10.0. The van der Waals surface area contributed by atoms with E-state index < -0.39 is 0 Å². The van der Waals surface area contributed by atoms with Crippen LogP contribution < -0.4 is 20.5 Å². The van der Waals surface area contributed by atoms with Gasteiger partial charge in [0.15, 0.2) is 11.5 Å². The van der Waals surface area contributed by atoms with Gasteiger partial charge in [0.1, 0.15) is 0 Å². The topological polar surface area (TPSA) is 80.1 Å². The molecular formula is C20H26Cl2N4O3. The average Bonchev–Trinajstić information content (AvgIpc) is 3.11. The maximum atomic E-state index is 12.7. The quantitative estimate of drug-likeness (QED) is 0.711. The third-order valence-corrected chi connectivity index (χ3v) is 4.98. The second-order valence-corrected chi connectivity index (χ2v) is 7.03. The molecule has 29 heavy (non-hydrogen) atoms. The number of likely N-dealkylation sites (N-methyl/N-ethyl adjacent to an activating group) is 1. The van der Waals surface area contributed by atoms with Gasteiger partial charge in [-0.15, -0.1) is 24.8 Å². The summed E-state index contributed by atoms with van der Waals surface area (Å²) in [7, 11) is 2.14. The zero-order chi connectivity index (χ0) is 18.8. The number of halogens is 2. The molecule has 7 nitrogen and oxygen atoms in total. The minimum Gasteiger partial charge on any atom is -0.454 e. The summed E-state index contributed by atoms with van der Waals surface area (Å²) in [6.07, 6.45) is 0. The second-order valence-electron chi connectivity index (χ2n) is 7.03. The van der Waals surface area contributed by atoms with Gasteiger partial charge in [-0.25, -0.2) is 0 Å². The van der Waals surface area contributed by atoms with Crippen LogP contribution in [0.1, 0.15) is 15.9 Å². The Balaban J connectivity index is 0.00000150. The SMILES string of the molecule is CN1CCN(Cc2cccc(C(=O)Nc3cc4c(cc3N)OCO4)c2)CC1.Cl.Cl. The molecule has 2 heterocycles. The first-order valence-corrected chi connectivity index (χ1v) is 9.09. The van der Waals surface area contributed by atoms with Crippen LogP contribution in [0.5, 0.6) is 11.5 Å². The van der Waals surface area contributed by atoms with Crippen LogP contribution in [0.4, 0.5) is 11.4 Å². The standard InChI is InChI=1S/C20H24N4O3.2ClH/c1-23-5-7-24(8-6-23)12-14-3-2-4-15(9-14)20(25)22-17-11-19-18(10-16(17)21)26-13-27-19;;/h2-4,9-11H,5-8,12-13,21H2,1H3,(H,22,25);2*1H. The molecule has 0 atom stereocenters. The van der Waals surface area contributed by atoms with Crippen LogP contribution in [0.3, 0.4) is 0 Å². The summed E-state index contributed by atoms with van der Waals surface area (Å²) >= 11 is 0. The number of carbonyl (C=O) groups excluding carboxylic acids is 1. The summed E-state index contributed by atoms with van der Waals surface area (Å²) in [5, 5.41) is 2.87. The van der Waals surface area contributed by atoms with Gasteiger partial charge in [0, 0.05) is 50.4 Å². The van der Waals surface area contributed by atoms with E-state index in [-0.39, 0.29) is 37.5 Å². The lowest BCUT2D eigenvalue weighted by molar-refractivity contribution is 0.102. The van der Waals surface area contributed by atoms with Crippen molar-refractivity contribution in [3.63, 3.8) is 0 Å². The fraction of sp³-hybridized carbons (Fsp3) is 0.350. The first kappa shape index (κ1) is 23.1. The van der Waals surface area contributed by atoms with E-state index in [9.17, 15) is 4.79 Å². The van der Waals surface area contributed by atoms with Crippen molar-refractivity contribution < 1.29 is 14.3 Å². The Morgan fingerprint density at radius 3 is 2.48 bits per heavy atom. The Hall–Kier alpha value is -2.19. The highest BCUT2D eigenvalue weighted by Crippen LogP contribution is 2.38. The van der Waals surface area contributed by atoms with Crippen LogP contribution in [0, 0.1) is 0 Å². The number of ether oxygens (including phenoxy) is 2. The summed E-state index contributed by atoms with van der Waals surface area (Å²) in [5.74, 6) is 0.990. The third-order valence-electron chi connectivity index (χ3n) is 4.98. The number of amides is 1. The van der Waals surface area contributed by atoms with Crippen molar-refractivity contribution in [3.8, 4) is 11.5 Å². The molecule has 1 saturated heterocycles. The molecular weight excluding hydrogens is 415 g/mol. The first-order valence-electron chi connectivity index (χ1n) is 9.09. The van der Waals surface area contributed by atoms with Gasteiger partial charge in [-0.2, -0.15) is 0 Å². The van der Waals surface area contributed by atoms with E-state index in [1.165, 1.54) is 0 Å². The number of carbonyl (C=O) groups is 1. The van der Waals surface area contributed by atoms with Gasteiger partial charge in [-0.05, 0) is 24.7 Å². The molecule has 1 fully saturated rings. The summed E-state index contributed by atoms with van der Waals surface area (Å²) in [6.45, 7) is 5.25. The predicted molar refractivity (Wildman–Crippen MR) is 119 cm³/mol. The van der Waals surface area contributed by atoms with Crippen molar-refractivity contribution in [2.45, 2.75) is 6.54 Å². The summed E-state index contributed by atoms with van der Waals surface area (Å²) in [4.78, 5) is 17.4. The van der Waals surface area contributed by atoms with E-state index in [0.717, 1.165) is 38.3 Å². The van der Waals surface area contributed by atoms with Crippen molar-refractivity contribution in [2.24, 2.45) is 0 Å². The van der Waals surface area contributed by atoms with E-state index >= 15 is 0 Å². The van der Waals surface area contributed by atoms with Gasteiger partial charge >= 0.3 is 0 Å². The minimum absolute atomic E-state index is 0. The minimum atomic E-state index is -0.194. The Morgan fingerprint density at radius 1 is 1.07 bits per heavy atom. The van der Waals surface area contributed by atoms with Crippen LogP contribution in [-0.4, -0.2) is 55.7 Å². The number of nitrogens with zero attached hydrogens (tertiary/aromatic N) is 2. The number of benzene rings is 2. The Morgan fingerprint density at radius 2 is 1.76 bits per heavy atom. The number of hydrogen-bond acceptors (Lipinski definition) is 6. The number of fused-ring (bicyclic) bond motifs is 1. The van der Waals surface area contributed by atoms with Crippen LogP contribution >= 0.6 is 24.8 Å². The van der Waals surface area contributed by atoms with Crippen LogP contribution in [0.25, 0.3) is 0 Å². The molecule has 0 spiro atoms. The molecule has 0 aromatic heterocycles. The largest absolute Gasteiger partial charge is 0.454 e. The lowest BCUT2D eigenvalue weighted by Crippen LogP contribution is -2.43. The molecule has 0 unspecified atom stereocenters. The maximum Gasteiger partial charge on any atom is 0.255 e. The monoisotopic (exact) mass is 440 g/mol. The van der Waals surface area contributed by atoms with E-state index in [2.05, 4.69) is 28.2 Å². The molecule has 3 N–H and O–H groups in total. The van der Waals surface area contributed by atoms with E-state index in [1.54, 1.807) is 12.1 Å². The van der Waals surface area contributed by atoms with Crippen LogP contribution in [-0.2, 0) is 6.54 Å². The van der Waals surface area contributed by atoms with Gasteiger partial charge in [-0.1, -0.05) is 12.1 Å². The van der Waals surface area contributed by atoms with Crippen molar-refractivity contribution >= 4 is 42.1 Å². The number of nitrogens with two attached hydrogens (primary N) is 1. The number of piperazine rings is 1. The molecule has 2 aromatic rings. The molecule has 158 valence electrons. The Labute approximate surface area is 183 Å². The van der Waals surface area contributed by atoms with Gasteiger partial charge in [0.2, 0.25) is 6.79 Å². The lowest BCUT2D eigenvalue weighted by Gasteiger charge is -2.32. The van der Waals surface area contributed by atoms with E-state index in [0.29, 0.717) is 28.4 Å². The Bertz CT molecular complexity index is 858. The summed E-state index contributed by atoms with van der Waals surface area (Å²) in [5.41, 5.74) is 8.73. The number of rotatable bonds is 4. The summed E-state index contributed by atoms with van der Waals surface area (Å²) < 4.78 is 10.7. The molecule has 0 radical (unpaired) electrons. The Kier molecular flexibility index (Phi) is 7.98. The van der Waals surface area contributed by atoms with Crippen LogP contribution in [0.2, 0.25) is 0 Å². The molecule has 0 aliphatic carbocycles. The number of anilines is 2. The molecule has 0 saturated carbocycles. The van der Waals surface area contributed by atoms with Crippen molar-refractivity contribution in [1.29, 1.82) is 0 Å². The molecule has 4 rings (SSSR count). The zero-order valence-electron chi connectivity index (χ0n) is 16.2. The normalized spacial score (nSPS) is 15.9. The summed E-state index contributed by atoms with van der Waals surface area (Å²) in [6, 6.07) is 11.1. The fourth-order valence-corrected chi connectivity index (χ4v) is 3.34. The predicted octanol–water partition coefficient (Wildman–Crippen LogP) is 2.84. The molecule has 2 aliphatic rings. The van der Waals surface area contributed by atoms with Crippen molar-refractivity contribution in [3.05, 3.63) is 47.5 Å². The van der Waals surface area contributed by atoms with Gasteiger partial charge in [0.25, 0.3) is 5.91 Å². The number of nitrogen functional groups attached to an aromatic ring is 1. The maximum absolute atomic E-state index is 12.7. The van der Waals surface area contributed by atoms with Gasteiger partial charge < -0.3 is 25.4 Å². The van der Waals surface area contributed by atoms with Gasteiger partial charge in [-0.3, -0.25) is 9.69 Å². The van der Waals surface area contributed by atoms with Crippen molar-refractivity contribution in [2.75, 3.05) is 51.1 Å². The molecule has 2 aliphatic heterocycles. The number of nitrogens with one attached hydrogen (secondary N) is 1. The average molecular weight is 441 g/mol. The molecule has 9 heteroatoms. The third kappa shape index (κ3) is 5.45.